The molecule has 23 heavy (non-hydrogen) atoms. The molecule has 6 nitrogen and oxygen atoms in total. The molecule has 2 rings (SSSR count). The summed E-state index contributed by atoms with van der Waals surface area (Å²) < 4.78 is 24.1. The summed E-state index contributed by atoms with van der Waals surface area (Å²) in [6.45, 7) is 3.20. The van der Waals surface area contributed by atoms with Crippen LogP contribution in [0.3, 0.4) is 0 Å². The lowest BCUT2D eigenvalue weighted by Crippen LogP contribution is -2.54. The van der Waals surface area contributed by atoms with E-state index < -0.39 is 26.6 Å². The van der Waals surface area contributed by atoms with Crippen molar-refractivity contribution >= 4 is 21.7 Å². The fraction of sp³-hybridized carbons (Fsp3) is 0.500. The van der Waals surface area contributed by atoms with E-state index >= 15 is 0 Å². The summed E-state index contributed by atoms with van der Waals surface area (Å²) in [5.41, 5.74) is -0.352. The molecule has 0 radical (unpaired) electrons. The van der Waals surface area contributed by atoms with Gasteiger partial charge in [-0.1, -0.05) is 0 Å². The minimum absolute atomic E-state index is 0.0987. The minimum atomic E-state index is -3.37. The van der Waals surface area contributed by atoms with Crippen LogP contribution in [0.25, 0.3) is 0 Å². The molecule has 1 aromatic carbocycles. The molecule has 0 atom stereocenters. The van der Waals surface area contributed by atoms with E-state index in [9.17, 15) is 18.0 Å². The molecule has 0 saturated heterocycles. The van der Waals surface area contributed by atoms with Crippen molar-refractivity contribution in [1.82, 2.24) is 5.32 Å². The second kappa shape index (κ2) is 6.31. The number of carboxylic acids is 1. The van der Waals surface area contributed by atoms with Crippen LogP contribution in [-0.2, 0) is 14.6 Å². The van der Waals surface area contributed by atoms with Gasteiger partial charge in [0.1, 0.15) is 0 Å². The highest BCUT2D eigenvalue weighted by molar-refractivity contribution is 7.92. The van der Waals surface area contributed by atoms with E-state index in [0.29, 0.717) is 18.4 Å². The standard InChI is InChI=1S/C16H21NO5S/c1-11(2)23(21,22)13-6-4-12(5-7-13)15(20)17-16(8-3-9-16)10-14(18)19/h4-7,11H,3,8-10H2,1-2H3,(H,17,20)(H,18,19). The molecular formula is C16H21NO5S. The van der Waals surface area contributed by atoms with Crippen molar-refractivity contribution in [3.8, 4) is 0 Å². The van der Waals surface area contributed by atoms with Gasteiger partial charge in [0, 0.05) is 5.56 Å². The minimum Gasteiger partial charge on any atom is -0.481 e. The van der Waals surface area contributed by atoms with Gasteiger partial charge in [-0.25, -0.2) is 8.42 Å². The highest BCUT2D eigenvalue weighted by atomic mass is 32.2. The SMILES string of the molecule is CC(C)S(=O)(=O)c1ccc(C(=O)NC2(CC(=O)O)CCC2)cc1. The summed E-state index contributed by atoms with van der Waals surface area (Å²) in [5, 5.41) is 11.2. The Morgan fingerprint density at radius 3 is 2.17 bits per heavy atom. The third-order valence-electron chi connectivity index (χ3n) is 4.24. The van der Waals surface area contributed by atoms with E-state index in [1.54, 1.807) is 13.8 Å². The number of aliphatic carboxylic acids is 1. The van der Waals surface area contributed by atoms with E-state index in [2.05, 4.69) is 5.32 Å². The third-order valence-corrected chi connectivity index (χ3v) is 6.42. The van der Waals surface area contributed by atoms with Gasteiger partial charge in [0.05, 0.1) is 22.1 Å². The zero-order chi connectivity index (χ0) is 17.3. The lowest BCUT2D eigenvalue weighted by Gasteiger charge is -2.41. The van der Waals surface area contributed by atoms with Gasteiger partial charge in [-0.05, 0) is 57.4 Å². The lowest BCUT2D eigenvalue weighted by molar-refractivity contribution is -0.139. The fourth-order valence-corrected chi connectivity index (χ4v) is 3.68. The number of carboxylic acid groups (broad SMARTS) is 1. The van der Waals surface area contributed by atoms with Crippen LogP contribution in [0.4, 0.5) is 0 Å². The Balaban J connectivity index is 2.13. The molecular weight excluding hydrogens is 318 g/mol. The van der Waals surface area contributed by atoms with Gasteiger partial charge in [0.2, 0.25) is 0 Å². The lowest BCUT2D eigenvalue weighted by atomic mass is 9.74. The molecule has 0 heterocycles. The second-order valence-corrected chi connectivity index (χ2v) is 8.78. The Morgan fingerprint density at radius 1 is 1.22 bits per heavy atom. The van der Waals surface area contributed by atoms with Crippen LogP contribution in [0.15, 0.2) is 29.2 Å². The fourth-order valence-electron chi connectivity index (χ4n) is 2.62. The summed E-state index contributed by atoms with van der Waals surface area (Å²) in [6.07, 6.45) is 2.08. The number of nitrogens with one attached hydrogen (secondary N) is 1. The van der Waals surface area contributed by atoms with Crippen molar-refractivity contribution < 1.29 is 23.1 Å². The number of benzene rings is 1. The Labute approximate surface area is 135 Å². The highest BCUT2D eigenvalue weighted by Crippen LogP contribution is 2.35. The third kappa shape index (κ3) is 3.72. The van der Waals surface area contributed by atoms with E-state index in [4.69, 9.17) is 5.11 Å². The van der Waals surface area contributed by atoms with Crippen LogP contribution < -0.4 is 5.32 Å². The zero-order valence-electron chi connectivity index (χ0n) is 13.2. The summed E-state index contributed by atoms with van der Waals surface area (Å²) in [4.78, 5) is 23.4. The average Bonchev–Trinajstić information content (AvgIpc) is 2.44. The first kappa shape index (κ1) is 17.5. The number of sulfone groups is 1. The van der Waals surface area contributed by atoms with Crippen LogP contribution in [0, 0.1) is 0 Å². The smallest absolute Gasteiger partial charge is 0.305 e. The second-order valence-electron chi connectivity index (χ2n) is 6.28. The van der Waals surface area contributed by atoms with Crippen LogP contribution in [0.2, 0.25) is 0 Å². The van der Waals surface area contributed by atoms with Gasteiger partial charge in [0.25, 0.3) is 5.91 Å². The topological polar surface area (TPSA) is 101 Å². The number of hydrogen-bond donors (Lipinski definition) is 2. The molecule has 1 aliphatic carbocycles. The van der Waals surface area contributed by atoms with Gasteiger partial charge in [-0.2, -0.15) is 0 Å². The van der Waals surface area contributed by atoms with Crippen LogP contribution in [-0.4, -0.2) is 36.2 Å². The first-order valence-corrected chi connectivity index (χ1v) is 9.09. The largest absolute Gasteiger partial charge is 0.481 e. The molecule has 7 heteroatoms. The normalized spacial score (nSPS) is 16.7. The summed E-state index contributed by atoms with van der Waals surface area (Å²) >= 11 is 0. The van der Waals surface area contributed by atoms with E-state index in [1.807, 2.05) is 0 Å². The van der Waals surface area contributed by atoms with Gasteiger partial charge in [-0.3, -0.25) is 9.59 Å². The number of carbonyl (C=O) groups is 2. The first-order chi connectivity index (χ1) is 10.7. The van der Waals surface area contributed by atoms with Crippen molar-refractivity contribution in [2.75, 3.05) is 0 Å². The molecule has 0 aromatic heterocycles. The van der Waals surface area contributed by atoms with Crippen molar-refractivity contribution in [2.45, 2.75) is 55.2 Å². The Kier molecular flexibility index (Phi) is 4.79. The Hall–Kier alpha value is -1.89. The molecule has 1 amide bonds. The predicted octanol–water partition coefficient (Wildman–Crippen LogP) is 2.00. The number of hydrogen-bond acceptors (Lipinski definition) is 4. The molecule has 0 spiro atoms. The van der Waals surface area contributed by atoms with Gasteiger partial charge in [0.15, 0.2) is 9.84 Å². The Morgan fingerprint density at radius 2 is 1.78 bits per heavy atom. The van der Waals surface area contributed by atoms with Gasteiger partial charge in [-0.15, -0.1) is 0 Å². The van der Waals surface area contributed by atoms with Gasteiger partial charge < -0.3 is 10.4 Å². The first-order valence-electron chi connectivity index (χ1n) is 7.55. The molecule has 1 saturated carbocycles. The van der Waals surface area contributed by atoms with Crippen molar-refractivity contribution in [3.05, 3.63) is 29.8 Å². The maximum atomic E-state index is 12.3. The summed E-state index contributed by atoms with van der Waals surface area (Å²) in [6, 6.07) is 5.74. The van der Waals surface area contributed by atoms with Crippen LogP contribution in [0.5, 0.6) is 0 Å². The molecule has 0 aliphatic heterocycles. The van der Waals surface area contributed by atoms with Crippen molar-refractivity contribution in [3.63, 3.8) is 0 Å². The van der Waals surface area contributed by atoms with Crippen LogP contribution in [0.1, 0.15) is 49.9 Å². The molecule has 1 aromatic rings. The van der Waals surface area contributed by atoms with Crippen molar-refractivity contribution in [2.24, 2.45) is 0 Å². The zero-order valence-corrected chi connectivity index (χ0v) is 14.0. The highest BCUT2D eigenvalue weighted by Gasteiger charge is 2.40. The molecule has 2 N–H and O–H groups in total. The monoisotopic (exact) mass is 339 g/mol. The molecule has 0 bridgehead atoms. The van der Waals surface area contributed by atoms with Crippen molar-refractivity contribution in [1.29, 1.82) is 0 Å². The van der Waals surface area contributed by atoms with E-state index in [-0.39, 0.29) is 17.2 Å². The van der Waals surface area contributed by atoms with Gasteiger partial charge >= 0.3 is 5.97 Å². The predicted molar refractivity (Wildman–Crippen MR) is 85.1 cm³/mol. The molecule has 1 aliphatic rings. The van der Waals surface area contributed by atoms with Crippen LogP contribution >= 0.6 is 0 Å². The molecule has 126 valence electrons. The Bertz CT molecular complexity index is 702. The van der Waals surface area contributed by atoms with E-state index in [0.717, 1.165) is 6.42 Å². The molecule has 1 fully saturated rings. The number of rotatable bonds is 6. The number of carbonyl (C=O) groups excluding carboxylic acids is 1. The molecule has 0 unspecified atom stereocenters. The maximum Gasteiger partial charge on any atom is 0.305 e. The average molecular weight is 339 g/mol. The van der Waals surface area contributed by atoms with E-state index in [1.165, 1.54) is 24.3 Å². The summed E-state index contributed by atoms with van der Waals surface area (Å²) in [5.74, 6) is -1.32. The summed E-state index contributed by atoms with van der Waals surface area (Å²) in [7, 11) is -3.37. The maximum absolute atomic E-state index is 12.3. The number of amides is 1. The quantitative estimate of drug-likeness (QED) is 0.825.